The van der Waals surface area contributed by atoms with Crippen LogP contribution in [0.2, 0.25) is 0 Å². The summed E-state index contributed by atoms with van der Waals surface area (Å²) >= 11 is 0. The van der Waals surface area contributed by atoms with Crippen molar-refractivity contribution in [3.8, 4) is 0 Å². The molecule has 1 N–H and O–H groups in total. The van der Waals surface area contributed by atoms with Crippen LogP contribution in [0, 0.1) is 20.8 Å². The van der Waals surface area contributed by atoms with Crippen LogP contribution in [0.5, 0.6) is 0 Å². The van der Waals surface area contributed by atoms with Crippen molar-refractivity contribution in [2.24, 2.45) is 0 Å². The summed E-state index contributed by atoms with van der Waals surface area (Å²) in [7, 11) is 0. The van der Waals surface area contributed by atoms with Gasteiger partial charge in [-0.25, -0.2) is 4.79 Å². The van der Waals surface area contributed by atoms with Crippen molar-refractivity contribution in [3.63, 3.8) is 0 Å². The molecule has 0 aliphatic carbocycles. The molecule has 0 aromatic heterocycles. The van der Waals surface area contributed by atoms with Gasteiger partial charge in [0.25, 0.3) is 0 Å². The lowest BCUT2D eigenvalue weighted by molar-refractivity contribution is -0.130. The summed E-state index contributed by atoms with van der Waals surface area (Å²) in [5.41, 5.74) is 4.50. The average molecular weight is 360 g/mol. The predicted octanol–water partition coefficient (Wildman–Crippen LogP) is 3.20. The van der Waals surface area contributed by atoms with Gasteiger partial charge >= 0.3 is 6.03 Å². The lowest BCUT2D eigenvalue weighted by Gasteiger charge is -2.27. The van der Waals surface area contributed by atoms with Gasteiger partial charge in [-0.2, -0.15) is 0 Å². The van der Waals surface area contributed by atoms with E-state index in [1.165, 1.54) is 16.7 Å². The molecule has 1 aliphatic rings. The zero-order chi connectivity index (χ0) is 19.5. The topological polar surface area (TPSA) is 52.7 Å². The van der Waals surface area contributed by atoms with E-state index in [-0.39, 0.29) is 17.5 Å². The normalized spacial score (nSPS) is 15.6. The number of benzene rings is 1. The van der Waals surface area contributed by atoms with Gasteiger partial charge in [0.15, 0.2) is 0 Å². The second-order valence-corrected chi connectivity index (χ2v) is 8.44. The minimum atomic E-state index is -0.250. The number of aryl methyl sites for hydroxylation is 3. The Labute approximate surface area is 157 Å². The molecule has 1 fully saturated rings. The number of carbonyl (C=O) groups excluding carboxylic acids is 2. The van der Waals surface area contributed by atoms with Gasteiger partial charge in [0.1, 0.15) is 0 Å². The van der Waals surface area contributed by atoms with E-state index in [0.29, 0.717) is 32.6 Å². The minimum absolute atomic E-state index is 0.0446. The Morgan fingerprint density at radius 3 is 2.15 bits per heavy atom. The molecule has 144 valence electrons. The van der Waals surface area contributed by atoms with Gasteiger partial charge in [-0.15, -0.1) is 0 Å². The van der Waals surface area contributed by atoms with Gasteiger partial charge in [-0.1, -0.05) is 12.1 Å². The Hall–Kier alpha value is -2.04. The Morgan fingerprint density at radius 1 is 0.923 bits per heavy atom. The molecule has 1 saturated heterocycles. The van der Waals surface area contributed by atoms with Gasteiger partial charge in [-0.3, -0.25) is 4.79 Å². The average Bonchev–Trinajstić information content (AvgIpc) is 2.77. The molecule has 0 atom stereocenters. The first-order chi connectivity index (χ1) is 12.1. The molecule has 1 heterocycles. The molecule has 0 bridgehead atoms. The van der Waals surface area contributed by atoms with Crippen LogP contribution in [0.1, 0.15) is 49.4 Å². The van der Waals surface area contributed by atoms with Gasteiger partial charge in [0.2, 0.25) is 5.91 Å². The fraction of sp³-hybridized carbons (Fsp3) is 0.619. The highest BCUT2D eigenvalue weighted by atomic mass is 16.2. The highest BCUT2D eigenvalue weighted by Crippen LogP contribution is 2.17. The maximum Gasteiger partial charge on any atom is 0.317 e. The monoisotopic (exact) mass is 359 g/mol. The van der Waals surface area contributed by atoms with E-state index >= 15 is 0 Å². The van der Waals surface area contributed by atoms with Crippen molar-refractivity contribution in [2.45, 2.75) is 59.9 Å². The Bertz CT molecular complexity index is 677. The molecule has 3 amide bonds. The van der Waals surface area contributed by atoms with Crippen molar-refractivity contribution < 1.29 is 9.59 Å². The number of amides is 3. The third kappa shape index (κ3) is 5.48. The lowest BCUT2D eigenvalue weighted by Crippen LogP contribution is -2.49. The maximum absolute atomic E-state index is 12.8. The molecule has 0 unspecified atom stereocenters. The van der Waals surface area contributed by atoms with Crippen molar-refractivity contribution >= 4 is 11.9 Å². The van der Waals surface area contributed by atoms with Crippen molar-refractivity contribution in [1.82, 2.24) is 15.1 Å². The van der Waals surface area contributed by atoms with Crippen molar-refractivity contribution in [2.75, 3.05) is 26.2 Å². The zero-order valence-electron chi connectivity index (χ0n) is 17.1. The number of hydrogen-bond donors (Lipinski definition) is 1. The molecule has 5 heteroatoms. The first-order valence-corrected chi connectivity index (χ1v) is 9.48. The third-order valence-electron chi connectivity index (χ3n) is 4.91. The molecule has 1 aromatic carbocycles. The van der Waals surface area contributed by atoms with Gasteiger partial charge in [-0.05, 0) is 70.2 Å². The van der Waals surface area contributed by atoms with Gasteiger partial charge in [0.05, 0.1) is 6.42 Å². The molecule has 0 radical (unpaired) electrons. The summed E-state index contributed by atoms with van der Waals surface area (Å²) in [5.74, 6) is 0.148. The molecule has 0 spiro atoms. The SMILES string of the molecule is Cc1cc(C)c(CC(=O)N2CCCN(C(=O)NC(C)(C)C)CC2)cc1C. The van der Waals surface area contributed by atoms with Gasteiger partial charge in [0, 0.05) is 31.7 Å². The van der Waals surface area contributed by atoms with E-state index in [2.05, 4.69) is 38.2 Å². The van der Waals surface area contributed by atoms with Crippen LogP contribution in [0.25, 0.3) is 0 Å². The summed E-state index contributed by atoms with van der Waals surface area (Å²) in [6, 6.07) is 4.24. The second-order valence-electron chi connectivity index (χ2n) is 8.44. The van der Waals surface area contributed by atoms with Crippen molar-refractivity contribution in [1.29, 1.82) is 0 Å². The van der Waals surface area contributed by atoms with E-state index in [1.54, 1.807) is 0 Å². The summed E-state index contributed by atoms with van der Waals surface area (Å²) in [5, 5.41) is 3.00. The molecule has 1 aliphatic heterocycles. The summed E-state index contributed by atoms with van der Waals surface area (Å²) in [6.45, 7) is 14.8. The Kier molecular flexibility index (Phi) is 6.32. The number of carbonyl (C=O) groups is 2. The maximum atomic E-state index is 12.8. The van der Waals surface area contributed by atoms with Crippen LogP contribution >= 0.6 is 0 Å². The van der Waals surface area contributed by atoms with E-state index < -0.39 is 0 Å². The smallest absolute Gasteiger partial charge is 0.317 e. The Balaban J connectivity index is 1.97. The highest BCUT2D eigenvalue weighted by Gasteiger charge is 2.24. The second kappa shape index (κ2) is 8.11. The highest BCUT2D eigenvalue weighted by molar-refractivity contribution is 5.79. The first-order valence-electron chi connectivity index (χ1n) is 9.48. The quantitative estimate of drug-likeness (QED) is 0.882. The number of nitrogens with zero attached hydrogens (tertiary/aromatic N) is 2. The van der Waals surface area contributed by atoms with E-state index in [0.717, 1.165) is 12.0 Å². The summed E-state index contributed by atoms with van der Waals surface area (Å²) in [6.07, 6.45) is 1.25. The number of nitrogens with one attached hydrogen (secondary N) is 1. The molecule has 1 aromatic rings. The van der Waals surface area contributed by atoms with E-state index in [1.807, 2.05) is 30.6 Å². The number of rotatable bonds is 2. The van der Waals surface area contributed by atoms with Crippen LogP contribution in [0.15, 0.2) is 12.1 Å². The summed E-state index contributed by atoms with van der Waals surface area (Å²) < 4.78 is 0. The molecule has 2 rings (SSSR count). The number of urea groups is 1. The predicted molar refractivity (Wildman–Crippen MR) is 105 cm³/mol. The Morgan fingerprint density at radius 2 is 1.50 bits per heavy atom. The fourth-order valence-electron chi connectivity index (χ4n) is 3.26. The van der Waals surface area contributed by atoms with Crippen LogP contribution in [-0.2, 0) is 11.2 Å². The molecular weight excluding hydrogens is 326 g/mol. The summed E-state index contributed by atoms with van der Waals surface area (Å²) in [4.78, 5) is 28.9. The fourth-order valence-corrected chi connectivity index (χ4v) is 3.26. The lowest BCUT2D eigenvalue weighted by atomic mass is 9.98. The standard InChI is InChI=1S/C21H33N3O2/c1-15-12-17(3)18(13-16(15)2)14-19(25)23-8-7-9-24(11-10-23)20(26)22-21(4,5)6/h12-13H,7-11,14H2,1-6H3,(H,22,26). The molecule has 26 heavy (non-hydrogen) atoms. The van der Waals surface area contributed by atoms with Crippen LogP contribution < -0.4 is 5.32 Å². The van der Waals surface area contributed by atoms with Gasteiger partial charge < -0.3 is 15.1 Å². The van der Waals surface area contributed by atoms with E-state index in [9.17, 15) is 9.59 Å². The van der Waals surface area contributed by atoms with Crippen LogP contribution in [-0.4, -0.2) is 53.5 Å². The zero-order valence-corrected chi connectivity index (χ0v) is 17.1. The van der Waals surface area contributed by atoms with Crippen molar-refractivity contribution in [3.05, 3.63) is 34.4 Å². The van der Waals surface area contributed by atoms with Crippen LogP contribution in [0.4, 0.5) is 4.79 Å². The third-order valence-corrected chi connectivity index (χ3v) is 4.91. The minimum Gasteiger partial charge on any atom is -0.341 e. The molecule has 0 saturated carbocycles. The van der Waals surface area contributed by atoms with E-state index in [4.69, 9.17) is 0 Å². The first kappa shape index (κ1) is 20.3. The molecule has 5 nitrogen and oxygen atoms in total. The number of hydrogen-bond acceptors (Lipinski definition) is 2. The van der Waals surface area contributed by atoms with Crippen LogP contribution in [0.3, 0.4) is 0 Å². The molecular formula is C21H33N3O2. The largest absolute Gasteiger partial charge is 0.341 e.